The van der Waals surface area contributed by atoms with Crippen LogP contribution in [0.4, 0.5) is 17.6 Å². The van der Waals surface area contributed by atoms with Gasteiger partial charge < -0.3 is 0 Å². The van der Waals surface area contributed by atoms with E-state index in [1.807, 2.05) is 6.07 Å². The highest BCUT2D eigenvalue weighted by atomic mass is 19.4. The van der Waals surface area contributed by atoms with Gasteiger partial charge in [0.15, 0.2) is 5.65 Å². The number of aromatic nitrogens is 3. The molecule has 0 amide bonds. The van der Waals surface area contributed by atoms with Crippen LogP contribution >= 0.6 is 0 Å². The average molecular weight is 320 g/mol. The molecule has 0 spiro atoms. The summed E-state index contributed by atoms with van der Waals surface area (Å²) in [6, 6.07) is 8.69. The molecule has 3 aromatic rings. The lowest BCUT2D eigenvalue weighted by atomic mass is 10.0. The summed E-state index contributed by atoms with van der Waals surface area (Å²) >= 11 is 0. The maximum atomic E-state index is 13.0. The number of hydrogen-bond acceptors (Lipinski definition) is 3. The van der Waals surface area contributed by atoms with Gasteiger partial charge in [-0.25, -0.2) is 13.9 Å². The molecule has 0 atom stereocenters. The lowest BCUT2D eigenvalue weighted by Crippen LogP contribution is -2.07. The summed E-state index contributed by atoms with van der Waals surface area (Å²) in [4.78, 5) is 3.45. The maximum Gasteiger partial charge on any atom is 0.453 e. The van der Waals surface area contributed by atoms with Gasteiger partial charge in [-0.1, -0.05) is 12.1 Å². The zero-order chi connectivity index (χ0) is 16.8. The molecule has 0 fully saturated rings. The quantitative estimate of drug-likeness (QED) is 0.642. The highest BCUT2D eigenvalue weighted by Gasteiger charge is 2.37. The summed E-state index contributed by atoms with van der Waals surface area (Å²) in [5, 5.41) is 12.8. The summed E-state index contributed by atoms with van der Waals surface area (Å²) in [6.45, 7) is 1.55. The molecular formula is C15H8F4N4. The van der Waals surface area contributed by atoms with Crippen LogP contribution in [0.2, 0.25) is 0 Å². The van der Waals surface area contributed by atoms with Crippen molar-refractivity contribution in [3.05, 3.63) is 53.2 Å². The van der Waals surface area contributed by atoms with Gasteiger partial charge in [-0.3, -0.25) is 0 Å². The summed E-state index contributed by atoms with van der Waals surface area (Å²) in [6.07, 6.45) is -4.71. The van der Waals surface area contributed by atoms with Gasteiger partial charge in [0.1, 0.15) is 17.4 Å². The predicted octanol–water partition coefficient (Wildman–Crippen LogP) is 3.73. The van der Waals surface area contributed by atoms with Crippen LogP contribution in [0, 0.1) is 24.1 Å². The van der Waals surface area contributed by atoms with Gasteiger partial charge in [-0.15, -0.1) is 5.10 Å². The number of fused-ring (bicyclic) bond motifs is 1. The third kappa shape index (κ3) is 2.50. The highest BCUT2D eigenvalue weighted by Crippen LogP contribution is 2.31. The van der Waals surface area contributed by atoms with E-state index in [4.69, 9.17) is 0 Å². The Morgan fingerprint density at radius 1 is 1.17 bits per heavy atom. The Labute approximate surface area is 127 Å². The molecule has 2 heterocycles. The zero-order valence-corrected chi connectivity index (χ0v) is 11.7. The second-order valence-electron chi connectivity index (χ2n) is 4.86. The Morgan fingerprint density at radius 3 is 2.39 bits per heavy atom. The van der Waals surface area contributed by atoms with Crippen molar-refractivity contribution < 1.29 is 17.6 Å². The molecule has 1 aromatic carbocycles. The Balaban J connectivity index is 2.32. The second kappa shape index (κ2) is 5.05. The minimum atomic E-state index is -4.71. The molecular weight excluding hydrogens is 312 g/mol. The zero-order valence-electron chi connectivity index (χ0n) is 11.7. The number of aryl methyl sites for hydroxylation is 1. The first-order valence-electron chi connectivity index (χ1n) is 6.45. The maximum absolute atomic E-state index is 13.0. The molecule has 0 N–H and O–H groups in total. The molecule has 2 aromatic heterocycles. The first-order chi connectivity index (χ1) is 10.8. The molecule has 116 valence electrons. The number of nitriles is 1. The van der Waals surface area contributed by atoms with Gasteiger partial charge in [-0.05, 0) is 30.7 Å². The Morgan fingerprint density at radius 2 is 1.83 bits per heavy atom. The summed E-state index contributed by atoms with van der Waals surface area (Å²) in [7, 11) is 0. The van der Waals surface area contributed by atoms with E-state index in [0.717, 1.165) is 4.52 Å². The summed E-state index contributed by atoms with van der Waals surface area (Å²) < 4.78 is 52.4. The molecule has 0 bridgehead atoms. The monoisotopic (exact) mass is 320 g/mol. The van der Waals surface area contributed by atoms with Crippen molar-refractivity contribution in [3.63, 3.8) is 0 Å². The molecule has 0 saturated heterocycles. The van der Waals surface area contributed by atoms with E-state index in [9.17, 15) is 22.8 Å². The van der Waals surface area contributed by atoms with Crippen LogP contribution in [-0.4, -0.2) is 14.6 Å². The van der Waals surface area contributed by atoms with Gasteiger partial charge in [-0.2, -0.15) is 18.4 Å². The molecule has 3 rings (SSSR count). The van der Waals surface area contributed by atoms with Crippen molar-refractivity contribution in [1.29, 1.82) is 5.26 Å². The normalized spacial score (nSPS) is 11.7. The van der Waals surface area contributed by atoms with E-state index < -0.39 is 17.8 Å². The number of rotatable bonds is 1. The van der Waals surface area contributed by atoms with E-state index in [-0.39, 0.29) is 11.2 Å². The molecule has 0 unspecified atom stereocenters. The van der Waals surface area contributed by atoms with Crippen LogP contribution < -0.4 is 0 Å². The second-order valence-corrected chi connectivity index (χ2v) is 4.86. The highest BCUT2D eigenvalue weighted by molar-refractivity contribution is 5.77. The van der Waals surface area contributed by atoms with Crippen LogP contribution in [0.25, 0.3) is 16.8 Å². The van der Waals surface area contributed by atoms with Gasteiger partial charge in [0.05, 0.1) is 0 Å². The number of nitrogens with zero attached hydrogens (tertiary/aromatic N) is 4. The third-order valence-corrected chi connectivity index (χ3v) is 3.31. The van der Waals surface area contributed by atoms with Crippen LogP contribution in [0.5, 0.6) is 0 Å². The molecule has 0 radical (unpaired) electrons. The third-order valence-electron chi connectivity index (χ3n) is 3.31. The Bertz CT molecular complexity index is 933. The van der Waals surface area contributed by atoms with E-state index in [0.29, 0.717) is 16.8 Å². The van der Waals surface area contributed by atoms with Crippen molar-refractivity contribution in [2.24, 2.45) is 0 Å². The topological polar surface area (TPSA) is 54.0 Å². The first-order valence-corrected chi connectivity index (χ1v) is 6.45. The Hall–Kier alpha value is -2.95. The standard InChI is InChI=1S/C15H8F4N4/c1-8-6-11(9-2-4-10(16)5-3-9)12(7-20)13-21-14(15(17,18)19)22-23(8)13/h2-6H,1H3. The molecule has 23 heavy (non-hydrogen) atoms. The largest absolute Gasteiger partial charge is 0.453 e. The average Bonchev–Trinajstić information content (AvgIpc) is 2.94. The van der Waals surface area contributed by atoms with Gasteiger partial charge >= 0.3 is 6.18 Å². The predicted molar refractivity (Wildman–Crippen MR) is 72.8 cm³/mol. The van der Waals surface area contributed by atoms with Crippen LogP contribution in [0.15, 0.2) is 30.3 Å². The van der Waals surface area contributed by atoms with E-state index >= 15 is 0 Å². The van der Waals surface area contributed by atoms with E-state index in [2.05, 4.69) is 10.1 Å². The van der Waals surface area contributed by atoms with Crippen molar-refractivity contribution in [2.45, 2.75) is 13.1 Å². The molecule has 0 aliphatic heterocycles. The smallest absolute Gasteiger partial charge is 0.216 e. The first kappa shape index (κ1) is 15.0. The number of alkyl halides is 3. The molecule has 0 saturated carbocycles. The fourth-order valence-electron chi connectivity index (χ4n) is 2.27. The van der Waals surface area contributed by atoms with Crippen LogP contribution in [0.3, 0.4) is 0 Å². The molecule has 0 aliphatic carbocycles. The number of hydrogen-bond donors (Lipinski definition) is 0. The van der Waals surface area contributed by atoms with Gasteiger partial charge in [0, 0.05) is 11.3 Å². The molecule has 4 nitrogen and oxygen atoms in total. The van der Waals surface area contributed by atoms with Crippen molar-refractivity contribution in [3.8, 4) is 17.2 Å². The number of pyridine rings is 1. The number of benzene rings is 1. The summed E-state index contributed by atoms with van der Waals surface area (Å²) in [5.74, 6) is -1.76. The van der Waals surface area contributed by atoms with E-state index in [1.54, 1.807) is 6.92 Å². The van der Waals surface area contributed by atoms with Gasteiger partial charge in [0.2, 0.25) is 0 Å². The molecule has 0 aliphatic rings. The van der Waals surface area contributed by atoms with E-state index in [1.165, 1.54) is 30.3 Å². The summed E-state index contributed by atoms with van der Waals surface area (Å²) in [5.41, 5.74) is 1.02. The van der Waals surface area contributed by atoms with Crippen molar-refractivity contribution in [2.75, 3.05) is 0 Å². The lowest BCUT2D eigenvalue weighted by Gasteiger charge is -2.08. The van der Waals surface area contributed by atoms with Gasteiger partial charge in [0.25, 0.3) is 5.82 Å². The lowest BCUT2D eigenvalue weighted by molar-refractivity contribution is -0.144. The van der Waals surface area contributed by atoms with Crippen molar-refractivity contribution >= 4 is 5.65 Å². The minimum Gasteiger partial charge on any atom is -0.216 e. The SMILES string of the molecule is Cc1cc(-c2ccc(F)cc2)c(C#N)c2nc(C(F)(F)F)nn12. The fraction of sp³-hybridized carbons (Fsp3) is 0.133. The van der Waals surface area contributed by atoms with Crippen LogP contribution in [0.1, 0.15) is 17.1 Å². The fourth-order valence-corrected chi connectivity index (χ4v) is 2.27. The van der Waals surface area contributed by atoms with Crippen molar-refractivity contribution in [1.82, 2.24) is 14.6 Å². The Kier molecular flexibility index (Phi) is 3.29. The minimum absolute atomic E-state index is 0.0507. The molecule has 8 heteroatoms. The van der Waals surface area contributed by atoms with Crippen LogP contribution in [-0.2, 0) is 6.18 Å². The number of halogens is 4.